The van der Waals surface area contributed by atoms with Crippen LogP contribution in [-0.2, 0) is 0 Å². The fourth-order valence-electron chi connectivity index (χ4n) is 1.99. The lowest BCUT2D eigenvalue weighted by Crippen LogP contribution is -2.08. The van der Waals surface area contributed by atoms with Gasteiger partial charge in [0.2, 0.25) is 10.3 Å². The second kappa shape index (κ2) is 6.67. The number of anilines is 2. The molecule has 0 saturated carbocycles. The molecule has 9 heteroatoms. The first-order valence-corrected chi connectivity index (χ1v) is 10.2. The maximum absolute atomic E-state index is 4.29. The molecule has 0 aliphatic carbocycles. The summed E-state index contributed by atoms with van der Waals surface area (Å²) < 4.78 is 1.04. The number of halogens is 1. The molecule has 0 bridgehead atoms. The van der Waals surface area contributed by atoms with Gasteiger partial charge in [0.15, 0.2) is 5.01 Å². The van der Waals surface area contributed by atoms with Crippen molar-refractivity contribution in [3.8, 4) is 20.5 Å². The molecule has 0 fully saturated rings. The van der Waals surface area contributed by atoms with Crippen molar-refractivity contribution in [3.63, 3.8) is 0 Å². The Bertz CT molecular complexity index is 946. The Kier molecular flexibility index (Phi) is 4.40. The first kappa shape index (κ1) is 15.8. The van der Waals surface area contributed by atoms with E-state index in [4.69, 9.17) is 0 Å². The van der Waals surface area contributed by atoms with E-state index >= 15 is 0 Å². The fourth-order valence-corrected chi connectivity index (χ4v) is 4.73. The zero-order valence-electron chi connectivity index (χ0n) is 12.4. The van der Waals surface area contributed by atoms with Crippen molar-refractivity contribution < 1.29 is 0 Å². The van der Waals surface area contributed by atoms with Gasteiger partial charge in [0.1, 0.15) is 5.01 Å². The molecule has 24 heavy (non-hydrogen) atoms. The van der Waals surface area contributed by atoms with E-state index in [0.29, 0.717) is 0 Å². The van der Waals surface area contributed by atoms with Crippen LogP contribution >= 0.6 is 49.9 Å². The third-order valence-electron chi connectivity index (χ3n) is 3.23. The standard InChI is InChI=1S/C15H10BrN5S3/c1-21(15-20-18-13(24-15)11-3-2-8-22-11)14-19-17-12(23-14)9-4-6-10(16)7-5-9/h2-8H,1H3. The van der Waals surface area contributed by atoms with Crippen molar-refractivity contribution >= 4 is 60.2 Å². The highest BCUT2D eigenvalue weighted by Gasteiger charge is 2.16. The average molecular weight is 436 g/mol. The van der Waals surface area contributed by atoms with Crippen molar-refractivity contribution in [2.24, 2.45) is 0 Å². The minimum Gasteiger partial charge on any atom is -0.294 e. The van der Waals surface area contributed by atoms with Crippen molar-refractivity contribution in [2.45, 2.75) is 0 Å². The summed E-state index contributed by atoms with van der Waals surface area (Å²) in [4.78, 5) is 3.05. The topological polar surface area (TPSA) is 54.8 Å². The molecular formula is C15H10BrN5S3. The monoisotopic (exact) mass is 435 g/mol. The van der Waals surface area contributed by atoms with E-state index in [1.165, 1.54) is 11.3 Å². The van der Waals surface area contributed by atoms with Gasteiger partial charge in [0.25, 0.3) is 0 Å². The smallest absolute Gasteiger partial charge is 0.214 e. The summed E-state index contributed by atoms with van der Waals surface area (Å²) in [6.07, 6.45) is 0. The van der Waals surface area contributed by atoms with Crippen LogP contribution in [0.1, 0.15) is 0 Å². The van der Waals surface area contributed by atoms with E-state index in [1.54, 1.807) is 22.7 Å². The van der Waals surface area contributed by atoms with Crippen LogP contribution in [0.4, 0.5) is 10.3 Å². The van der Waals surface area contributed by atoms with Crippen molar-refractivity contribution in [3.05, 3.63) is 46.3 Å². The molecule has 4 aromatic rings. The summed E-state index contributed by atoms with van der Waals surface area (Å²) in [5.41, 5.74) is 1.05. The van der Waals surface area contributed by atoms with Crippen LogP contribution in [0.2, 0.25) is 0 Å². The Labute approximate surface area is 158 Å². The molecule has 0 radical (unpaired) electrons. The maximum atomic E-state index is 4.29. The molecular weight excluding hydrogens is 426 g/mol. The van der Waals surface area contributed by atoms with E-state index in [2.05, 4.69) is 36.3 Å². The number of aromatic nitrogens is 4. The number of hydrogen-bond acceptors (Lipinski definition) is 8. The van der Waals surface area contributed by atoms with Crippen LogP contribution in [0.25, 0.3) is 20.5 Å². The molecule has 0 aliphatic heterocycles. The molecule has 0 N–H and O–H groups in total. The highest BCUT2D eigenvalue weighted by molar-refractivity contribution is 9.10. The van der Waals surface area contributed by atoms with Crippen molar-refractivity contribution in [1.29, 1.82) is 0 Å². The molecule has 1 aromatic carbocycles. The molecule has 0 atom stereocenters. The number of benzene rings is 1. The van der Waals surface area contributed by atoms with Gasteiger partial charge in [-0.15, -0.1) is 31.7 Å². The highest BCUT2D eigenvalue weighted by atomic mass is 79.9. The molecule has 3 heterocycles. The van der Waals surface area contributed by atoms with Crippen LogP contribution in [-0.4, -0.2) is 27.4 Å². The SMILES string of the molecule is CN(c1nnc(-c2ccc(Br)cc2)s1)c1nnc(-c2cccs2)s1. The van der Waals surface area contributed by atoms with Gasteiger partial charge in [0.05, 0.1) is 4.88 Å². The predicted octanol–water partition coefficient (Wildman–Crippen LogP) is 5.32. The van der Waals surface area contributed by atoms with E-state index in [1.807, 2.05) is 53.7 Å². The minimum atomic E-state index is 0.793. The zero-order chi connectivity index (χ0) is 16.5. The molecule has 5 nitrogen and oxygen atoms in total. The molecule has 4 rings (SSSR count). The molecule has 0 aliphatic rings. The fraction of sp³-hybridized carbons (Fsp3) is 0.0667. The van der Waals surface area contributed by atoms with Gasteiger partial charge < -0.3 is 0 Å². The first-order chi connectivity index (χ1) is 11.7. The van der Waals surface area contributed by atoms with Gasteiger partial charge in [-0.1, -0.05) is 56.8 Å². The van der Waals surface area contributed by atoms with Gasteiger partial charge in [0, 0.05) is 17.1 Å². The van der Waals surface area contributed by atoms with Crippen LogP contribution in [0, 0.1) is 0 Å². The largest absolute Gasteiger partial charge is 0.294 e. The molecule has 120 valence electrons. The van der Waals surface area contributed by atoms with E-state index in [-0.39, 0.29) is 0 Å². The van der Waals surface area contributed by atoms with Crippen LogP contribution in [0.5, 0.6) is 0 Å². The Balaban J connectivity index is 1.59. The molecule has 0 saturated heterocycles. The second-order valence-electron chi connectivity index (χ2n) is 4.82. The number of nitrogens with zero attached hydrogens (tertiary/aromatic N) is 5. The van der Waals surface area contributed by atoms with Gasteiger partial charge in [-0.05, 0) is 23.6 Å². The lowest BCUT2D eigenvalue weighted by atomic mass is 10.2. The van der Waals surface area contributed by atoms with E-state index in [0.717, 1.165) is 35.2 Å². The third kappa shape index (κ3) is 3.12. The number of rotatable bonds is 4. The van der Waals surface area contributed by atoms with E-state index in [9.17, 15) is 0 Å². The van der Waals surface area contributed by atoms with Gasteiger partial charge in [-0.3, -0.25) is 4.90 Å². The van der Waals surface area contributed by atoms with Crippen LogP contribution in [0.15, 0.2) is 46.3 Å². The first-order valence-electron chi connectivity index (χ1n) is 6.91. The zero-order valence-corrected chi connectivity index (χ0v) is 16.4. The summed E-state index contributed by atoms with van der Waals surface area (Å²) in [6.45, 7) is 0. The molecule has 0 amide bonds. The predicted molar refractivity (Wildman–Crippen MR) is 104 cm³/mol. The van der Waals surface area contributed by atoms with Gasteiger partial charge in [-0.25, -0.2) is 0 Å². The highest BCUT2D eigenvalue weighted by Crippen LogP contribution is 2.36. The summed E-state index contributed by atoms with van der Waals surface area (Å²) >= 11 is 8.18. The maximum Gasteiger partial charge on any atom is 0.214 e. The third-order valence-corrected chi connectivity index (χ3v) is 6.84. The molecule has 0 unspecified atom stereocenters. The van der Waals surface area contributed by atoms with Crippen molar-refractivity contribution in [1.82, 2.24) is 20.4 Å². The van der Waals surface area contributed by atoms with Gasteiger partial charge >= 0.3 is 0 Å². The van der Waals surface area contributed by atoms with Gasteiger partial charge in [-0.2, -0.15) is 0 Å². The Morgan fingerprint density at radius 1 is 0.875 bits per heavy atom. The Hall–Kier alpha value is -1.68. The van der Waals surface area contributed by atoms with E-state index < -0.39 is 0 Å². The lowest BCUT2D eigenvalue weighted by molar-refractivity contribution is 1.01. The minimum absolute atomic E-state index is 0.793. The Morgan fingerprint density at radius 3 is 2.21 bits per heavy atom. The average Bonchev–Trinajstić information content (AvgIpc) is 3.34. The summed E-state index contributed by atoms with van der Waals surface area (Å²) in [5, 5.41) is 22.6. The van der Waals surface area contributed by atoms with Crippen LogP contribution < -0.4 is 4.90 Å². The number of thiophene rings is 1. The Morgan fingerprint density at radius 2 is 1.54 bits per heavy atom. The summed E-state index contributed by atoms with van der Waals surface area (Å²) in [6, 6.07) is 12.1. The second-order valence-corrected chi connectivity index (χ2v) is 8.60. The molecule has 0 spiro atoms. The lowest BCUT2D eigenvalue weighted by Gasteiger charge is -2.08. The summed E-state index contributed by atoms with van der Waals surface area (Å²) in [7, 11) is 1.94. The van der Waals surface area contributed by atoms with Crippen molar-refractivity contribution in [2.75, 3.05) is 11.9 Å². The quantitative estimate of drug-likeness (QED) is 0.434. The summed E-state index contributed by atoms with van der Waals surface area (Å²) in [5.74, 6) is 0. The number of hydrogen-bond donors (Lipinski definition) is 0. The normalized spacial score (nSPS) is 10.9. The van der Waals surface area contributed by atoms with Crippen LogP contribution in [0.3, 0.4) is 0 Å². The molecule has 3 aromatic heterocycles.